The zero-order valence-corrected chi connectivity index (χ0v) is 15.6. The lowest BCUT2D eigenvalue weighted by Crippen LogP contribution is -2.30. The number of benzene rings is 1. The number of rotatable bonds is 11. The molecule has 7 heteroatoms. The molecule has 1 heterocycles. The summed E-state index contributed by atoms with van der Waals surface area (Å²) in [4.78, 5) is 28.5. The number of imidazole rings is 1. The molecule has 0 bridgehead atoms. The van der Waals surface area contributed by atoms with E-state index in [0.29, 0.717) is 32.5 Å². The highest BCUT2D eigenvalue weighted by atomic mass is 16.5. The number of carbonyl (C=O) groups excluding carboxylic acids is 2. The standard InChI is InChI=1S/C19H28N4O3/c1-3-7-18(24)21-12-10-17-22-15-8-4-5-9-16(15)23(17)14-19(25)20-11-6-13-26-2/h4-5,8-9H,3,6-7,10-14H2,1-2H3,(H,20,25)(H,21,24). The molecular formula is C19H28N4O3. The van der Waals surface area contributed by atoms with Gasteiger partial charge in [0.2, 0.25) is 11.8 Å². The molecule has 2 aromatic rings. The predicted molar refractivity (Wildman–Crippen MR) is 101 cm³/mol. The van der Waals surface area contributed by atoms with Gasteiger partial charge in [0.05, 0.1) is 11.0 Å². The number of ether oxygens (including phenoxy) is 1. The van der Waals surface area contributed by atoms with Crippen molar-refractivity contribution in [3.8, 4) is 0 Å². The fourth-order valence-electron chi connectivity index (χ4n) is 2.77. The van der Waals surface area contributed by atoms with Gasteiger partial charge in [0.15, 0.2) is 0 Å². The summed E-state index contributed by atoms with van der Waals surface area (Å²) < 4.78 is 6.91. The van der Waals surface area contributed by atoms with Crippen LogP contribution in [0.1, 0.15) is 32.0 Å². The molecule has 142 valence electrons. The van der Waals surface area contributed by atoms with Crippen molar-refractivity contribution >= 4 is 22.8 Å². The Hall–Kier alpha value is -2.41. The molecule has 7 nitrogen and oxygen atoms in total. The molecule has 0 radical (unpaired) electrons. The Morgan fingerprint density at radius 1 is 1.15 bits per heavy atom. The van der Waals surface area contributed by atoms with Crippen molar-refractivity contribution in [2.24, 2.45) is 0 Å². The van der Waals surface area contributed by atoms with Crippen LogP contribution in [0.5, 0.6) is 0 Å². The van der Waals surface area contributed by atoms with Crippen LogP contribution < -0.4 is 10.6 Å². The van der Waals surface area contributed by atoms with Crippen molar-refractivity contribution in [2.75, 3.05) is 26.8 Å². The van der Waals surface area contributed by atoms with E-state index in [4.69, 9.17) is 4.74 Å². The minimum atomic E-state index is -0.0551. The van der Waals surface area contributed by atoms with Gasteiger partial charge < -0.3 is 19.9 Å². The van der Waals surface area contributed by atoms with E-state index in [0.717, 1.165) is 29.7 Å². The third-order valence-electron chi connectivity index (χ3n) is 4.03. The smallest absolute Gasteiger partial charge is 0.240 e. The minimum Gasteiger partial charge on any atom is -0.385 e. The van der Waals surface area contributed by atoms with Crippen molar-refractivity contribution in [3.63, 3.8) is 0 Å². The minimum absolute atomic E-state index is 0.0473. The van der Waals surface area contributed by atoms with E-state index in [-0.39, 0.29) is 18.4 Å². The summed E-state index contributed by atoms with van der Waals surface area (Å²) in [6, 6.07) is 7.75. The summed E-state index contributed by atoms with van der Waals surface area (Å²) in [6.07, 6.45) is 2.72. The number of nitrogens with one attached hydrogen (secondary N) is 2. The molecule has 2 amide bonds. The molecule has 1 aromatic carbocycles. The number of hydrogen-bond donors (Lipinski definition) is 2. The van der Waals surface area contributed by atoms with Crippen LogP contribution >= 0.6 is 0 Å². The number of nitrogens with zero attached hydrogens (tertiary/aromatic N) is 2. The van der Waals surface area contributed by atoms with Gasteiger partial charge in [-0.15, -0.1) is 0 Å². The fraction of sp³-hybridized carbons (Fsp3) is 0.526. The zero-order chi connectivity index (χ0) is 18.8. The Kier molecular flexibility index (Phi) is 8.08. The molecule has 0 aliphatic rings. The van der Waals surface area contributed by atoms with Gasteiger partial charge in [-0.1, -0.05) is 19.1 Å². The maximum Gasteiger partial charge on any atom is 0.240 e. The van der Waals surface area contributed by atoms with E-state index in [9.17, 15) is 9.59 Å². The van der Waals surface area contributed by atoms with E-state index in [2.05, 4.69) is 15.6 Å². The van der Waals surface area contributed by atoms with E-state index < -0.39 is 0 Å². The third kappa shape index (κ3) is 5.84. The molecular weight excluding hydrogens is 332 g/mol. The highest BCUT2D eigenvalue weighted by Crippen LogP contribution is 2.16. The Balaban J connectivity index is 2.03. The molecule has 0 spiro atoms. The highest BCUT2D eigenvalue weighted by Gasteiger charge is 2.13. The van der Waals surface area contributed by atoms with E-state index >= 15 is 0 Å². The van der Waals surface area contributed by atoms with Crippen molar-refractivity contribution in [3.05, 3.63) is 30.1 Å². The number of fused-ring (bicyclic) bond motifs is 1. The van der Waals surface area contributed by atoms with Crippen LogP contribution in [-0.4, -0.2) is 48.2 Å². The number of para-hydroxylation sites is 2. The number of carbonyl (C=O) groups is 2. The van der Waals surface area contributed by atoms with Gasteiger partial charge in [-0.2, -0.15) is 0 Å². The van der Waals surface area contributed by atoms with Crippen molar-refractivity contribution in [2.45, 2.75) is 39.2 Å². The molecule has 1 aromatic heterocycles. The van der Waals surface area contributed by atoms with Crippen molar-refractivity contribution in [1.29, 1.82) is 0 Å². The molecule has 0 saturated carbocycles. The van der Waals surface area contributed by atoms with Gasteiger partial charge in [0, 0.05) is 39.6 Å². The normalized spacial score (nSPS) is 10.8. The maximum atomic E-state index is 12.3. The summed E-state index contributed by atoms with van der Waals surface area (Å²) in [6.45, 7) is 3.91. The number of hydrogen-bond acceptors (Lipinski definition) is 4. The van der Waals surface area contributed by atoms with Crippen molar-refractivity contribution < 1.29 is 14.3 Å². The first-order chi connectivity index (χ1) is 12.7. The van der Waals surface area contributed by atoms with Crippen molar-refractivity contribution in [1.82, 2.24) is 20.2 Å². The van der Waals surface area contributed by atoms with Gasteiger partial charge in [0.1, 0.15) is 12.4 Å². The van der Waals surface area contributed by atoms with Gasteiger partial charge in [-0.3, -0.25) is 9.59 Å². The summed E-state index contributed by atoms with van der Waals surface area (Å²) in [5.74, 6) is 0.793. The topological polar surface area (TPSA) is 85.2 Å². The summed E-state index contributed by atoms with van der Waals surface area (Å²) >= 11 is 0. The largest absolute Gasteiger partial charge is 0.385 e. The number of amides is 2. The monoisotopic (exact) mass is 360 g/mol. The molecule has 0 fully saturated rings. The van der Waals surface area contributed by atoms with Crippen LogP contribution in [0.4, 0.5) is 0 Å². The van der Waals surface area contributed by atoms with Gasteiger partial charge in [-0.05, 0) is 25.0 Å². The summed E-state index contributed by atoms with van der Waals surface area (Å²) in [5.41, 5.74) is 1.78. The Bertz CT molecular complexity index is 727. The molecule has 0 atom stereocenters. The first kappa shape index (κ1) is 19.9. The van der Waals surface area contributed by atoms with E-state index in [1.807, 2.05) is 35.8 Å². The molecule has 0 saturated heterocycles. The maximum absolute atomic E-state index is 12.3. The van der Waals surface area contributed by atoms with Crippen LogP contribution in [0, 0.1) is 0 Å². The second-order valence-electron chi connectivity index (χ2n) is 6.15. The molecule has 26 heavy (non-hydrogen) atoms. The summed E-state index contributed by atoms with van der Waals surface area (Å²) in [7, 11) is 1.64. The molecule has 2 rings (SSSR count). The van der Waals surface area contributed by atoms with Crippen LogP contribution in [0.15, 0.2) is 24.3 Å². The van der Waals surface area contributed by atoms with E-state index in [1.54, 1.807) is 7.11 Å². The number of aromatic nitrogens is 2. The Morgan fingerprint density at radius 3 is 2.69 bits per heavy atom. The van der Waals surface area contributed by atoms with Crippen LogP contribution in [0.25, 0.3) is 11.0 Å². The molecule has 2 N–H and O–H groups in total. The Labute approximate surface area is 154 Å². The molecule has 0 aliphatic carbocycles. The predicted octanol–water partition coefficient (Wildman–Crippen LogP) is 1.65. The lowest BCUT2D eigenvalue weighted by atomic mass is 10.3. The van der Waals surface area contributed by atoms with Crippen LogP contribution in [-0.2, 0) is 27.3 Å². The highest BCUT2D eigenvalue weighted by molar-refractivity contribution is 5.81. The average molecular weight is 360 g/mol. The first-order valence-corrected chi connectivity index (χ1v) is 9.12. The number of methoxy groups -OCH3 is 1. The van der Waals surface area contributed by atoms with Gasteiger partial charge >= 0.3 is 0 Å². The van der Waals surface area contributed by atoms with E-state index in [1.165, 1.54) is 0 Å². The first-order valence-electron chi connectivity index (χ1n) is 9.12. The zero-order valence-electron chi connectivity index (χ0n) is 15.6. The van der Waals surface area contributed by atoms with Crippen LogP contribution in [0.3, 0.4) is 0 Å². The summed E-state index contributed by atoms with van der Waals surface area (Å²) in [5, 5.41) is 5.80. The third-order valence-corrected chi connectivity index (χ3v) is 4.03. The molecule has 0 aliphatic heterocycles. The average Bonchev–Trinajstić information content (AvgIpc) is 2.97. The van der Waals surface area contributed by atoms with Crippen LogP contribution in [0.2, 0.25) is 0 Å². The Morgan fingerprint density at radius 2 is 1.92 bits per heavy atom. The molecule has 0 unspecified atom stereocenters. The SMILES string of the molecule is CCCC(=O)NCCc1nc2ccccc2n1CC(=O)NCCCOC. The lowest BCUT2D eigenvalue weighted by molar-refractivity contribution is -0.122. The van der Waals surface area contributed by atoms with Gasteiger partial charge in [0.25, 0.3) is 0 Å². The lowest BCUT2D eigenvalue weighted by Gasteiger charge is -2.10. The second kappa shape index (κ2) is 10.6. The quantitative estimate of drug-likeness (QED) is 0.597. The second-order valence-corrected chi connectivity index (χ2v) is 6.15. The van der Waals surface area contributed by atoms with Gasteiger partial charge in [-0.25, -0.2) is 4.98 Å². The fourth-order valence-corrected chi connectivity index (χ4v) is 2.77.